The van der Waals surface area contributed by atoms with Crippen molar-refractivity contribution in [1.82, 2.24) is 5.43 Å². The molecule has 0 saturated heterocycles. The summed E-state index contributed by atoms with van der Waals surface area (Å²) in [7, 11) is 1.63. The van der Waals surface area contributed by atoms with Crippen molar-refractivity contribution in [2.75, 3.05) is 45.9 Å². The maximum absolute atomic E-state index is 13.7. The molecule has 0 saturated carbocycles. The highest BCUT2D eigenvalue weighted by molar-refractivity contribution is 7.92. The van der Waals surface area contributed by atoms with Gasteiger partial charge in [0.15, 0.2) is 23.0 Å². The zero-order valence-electron chi connectivity index (χ0n) is 22.6. The summed E-state index contributed by atoms with van der Waals surface area (Å²) in [6.07, 6.45) is 3.02. The second-order valence-corrected chi connectivity index (χ2v) is 9.89. The van der Waals surface area contributed by atoms with E-state index in [2.05, 4.69) is 17.1 Å². The van der Waals surface area contributed by atoms with Crippen molar-refractivity contribution >= 4 is 27.8 Å². The summed E-state index contributed by atoms with van der Waals surface area (Å²) in [4.78, 5) is 12.8. The average molecular weight is 570 g/mol. The summed E-state index contributed by atoms with van der Waals surface area (Å²) < 4.78 is 54.9. The third-order valence-electron chi connectivity index (χ3n) is 5.54. The van der Waals surface area contributed by atoms with Crippen LogP contribution in [0.25, 0.3) is 0 Å². The van der Waals surface area contributed by atoms with Gasteiger partial charge in [0.05, 0.1) is 45.2 Å². The fourth-order valence-corrected chi connectivity index (χ4v) is 4.98. The Morgan fingerprint density at radius 1 is 0.875 bits per heavy atom. The smallest absolute Gasteiger partial charge is 0.264 e. The number of hydrazone groups is 1. The number of nitrogens with one attached hydrogen (secondary N) is 1. The summed E-state index contributed by atoms with van der Waals surface area (Å²) in [6, 6.07) is 15.6. The second-order valence-electron chi connectivity index (χ2n) is 8.03. The predicted octanol–water partition coefficient (Wildman–Crippen LogP) is 3.63. The van der Waals surface area contributed by atoms with E-state index in [1.165, 1.54) is 65.0 Å². The maximum atomic E-state index is 13.7. The first-order chi connectivity index (χ1) is 19.3. The zero-order chi connectivity index (χ0) is 29.1. The summed E-state index contributed by atoms with van der Waals surface area (Å²) in [5, 5.41) is 3.97. The fraction of sp³-hybridized carbons (Fsp3) is 0.214. The van der Waals surface area contributed by atoms with E-state index in [0.29, 0.717) is 35.2 Å². The Labute approximate surface area is 233 Å². The van der Waals surface area contributed by atoms with Gasteiger partial charge in [-0.2, -0.15) is 5.10 Å². The van der Waals surface area contributed by atoms with Crippen LogP contribution in [0.3, 0.4) is 0 Å². The molecular formula is C28H31N3O8S. The van der Waals surface area contributed by atoms with E-state index in [0.717, 1.165) is 4.31 Å². The molecule has 1 N–H and O–H groups in total. The number of hydrogen-bond donors (Lipinski definition) is 1. The molecule has 11 nitrogen and oxygen atoms in total. The molecule has 3 aromatic rings. The van der Waals surface area contributed by atoms with E-state index < -0.39 is 22.5 Å². The van der Waals surface area contributed by atoms with Crippen molar-refractivity contribution in [2.45, 2.75) is 4.90 Å². The first-order valence-electron chi connectivity index (χ1n) is 11.9. The predicted molar refractivity (Wildman–Crippen MR) is 151 cm³/mol. The average Bonchev–Trinajstić information content (AvgIpc) is 2.98. The molecule has 0 fully saturated rings. The number of ether oxygens (including phenoxy) is 5. The van der Waals surface area contributed by atoms with E-state index in [9.17, 15) is 13.2 Å². The van der Waals surface area contributed by atoms with Gasteiger partial charge in [0, 0.05) is 6.07 Å². The van der Waals surface area contributed by atoms with Gasteiger partial charge in [-0.1, -0.05) is 12.7 Å². The Kier molecular flexibility index (Phi) is 10.4. The molecule has 0 aliphatic carbocycles. The lowest BCUT2D eigenvalue weighted by atomic mass is 10.2. The van der Waals surface area contributed by atoms with Gasteiger partial charge in [-0.15, -0.1) is 0 Å². The first kappa shape index (κ1) is 29.8. The highest BCUT2D eigenvalue weighted by Crippen LogP contribution is 2.32. The minimum Gasteiger partial charge on any atom is -0.497 e. The molecule has 3 rings (SSSR count). The van der Waals surface area contributed by atoms with Crippen molar-refractivity contribution in [2.24, 2.45) is 5.10 Å². The number of benzene rings is 3. The van der Waals surface area contributed by atoms with Crippen molar-refractivity contribution in [1.29, 1.82) is 0 Å². The Hall–Kier alpha value is -4.71. The molecule has 0 spiro atoms. The minimum absolute atomic E-state index is 0.0943. The van der Waals surface area contributed by atoms with Gasteiger partial charge in [-0.3, -0.25) is 9.10 Å². The lowest BCUT2D eigenvalue weighted by Gasteiger charge is -2.24. The van der Waals surface area contributed by atoms with Crippen LogP contribution in [-0.2, 0) is 14.8 Å². The Bertz CT molecular complexity index is 1460. The number of methoxy groups -OCH3 is 4. The van der Waals surface area contributed by atoms with Gasteiger partial charge >= 0.3 is 0 Å². The lowest BCUT2D eigenvalue weighted by Crippen LogP contribution is -2.39. The second kappa shape index (κ2) is 13.9. The van der Waals surface area contributed by atoms with Gasteiger partial charge in [0.2, 0.25) is 0 Å². The lowest BCUT2D eigenvalue weighted by molar-refractivity contribution is -0.119. The fourth-order valence-electron chi connectivity index (χ4n) is 3.54. The summed E-state index contributed by atoms with van der Waals surface area (Å²) in [5.41, 5.74) is 3.24. The van der Waals surface area contributed by atoms with E-state index in [4.69, 9.17) is 23.7 Å². The van der Waals surface area contributed by atoms with Crippen LogP contribution < -0.4 is 33.4 Å². The van der Waals surface area contributed by atoms with Gasteiger partial charge < -0.3 is 23.7 Å². The summed E-state index contributed by atoms with van der Waals surface area (Å²) in [6.45, 7) is 3.37. The largest absolute Gasteiger partial charge is 0.497 e. The SMILES string of the molecule is C=CCOc1ccc(/C=N\NC(=O)CN(c2ccc(OC)cc2)S(=O)(=O)c2ccc(OC)c(OC)c2)cc1OC. The van der Waals surface area contributed by atoms with E-state index in [1.807, 2.05) is 0 Å². The molecule has 212 valence electrons. The number of anilines is 1. The quantitative estimate of drug-likeness (QED) is 0.177. The third-order valence-corrected chi connectivity index (χ3v) is 7.31. The van der Waals surface area contributed by atoms with Crippen molar-refractivity contribution in [3.63, 3.8) is 0 Å². The Morgan fingerprint density at radius 3 is 2.15 bits per heavy atom. The van der Waals surface area contributed by atoms with Crippen LogP contribution in [0, 0.1) is 0 Å². The monoisotopic (exact) mass is 569 g/mol. The molecule has 0 aliphatic rings. The summed E-state index contributed by atoms with van der Waals surface area (Å²) >= 11 is 0. The van der Waals surface area contributed by atoms with Gasteiger partial charge in [-0.25, -0.2) is 13.8 Å². The maximum Gasteiger partial charge on any atom is 0.264 e. The molecule has 0 heterocycles. The summed E-state index contributed by atoms with van der Waals surface area (Å²) in [5.74, 6) is 1.44. The van der Waals surface area contributed by atoms with Gasteiger partial charge in [-0.05, 0) is 60.2 Å². The number of rotatable bonds is 14. The van der Waals surface area contributed by atoms with Crippen molar-refractivity contribution < 1.29 is 36.9 Å². The van der Waals surface area contributed by atoms with Gasteiger partial charge in [0.25, 0.3) is 15.9 Å². The van der Waals surface area contributed by atoms with Crippen LogP contribution in [0.1, 0.15) is 5.56 Å². The number of nitrogens with zero attached hydrogens (tertiary/aromatic N) is 2. The number of amides is 1. The third kappa shape index (κ3) is 7.23. The van der Waals surface area contributed by atoms with Crippen LogP contribution >= 0.6 is 0 Å². The number of sulfonamides is 1. The molecule has 3 aromatic carbocycles. The first-order valence-corrected chi connectivity index (χ1v) is 13.3. The molecule has 0 unspecified atom stereocenters. The normalized spacial score (nSPS) is 11.0. The number of carbonyl (C=O) groups is 1. The van der Waals surface area contributed by atoms with Crippen LogP contribution in [0.5, 0.6) is 28.7 Å². The molecule has 0 aromatic heterocycles. The van der Waals surface area contributed by atoms with Crippen LogP contribution in [0.4, 0.5) is 5.69 Å². The van der Waals surface area contributed by atoms with Crippen LogP contribution in [0.15, 0.2) is 83.3 Å². The zero-order valence-corrected chi connectivity index (χ0v) is 23.4. The molecular weight excluding hydrogens is 538 g/mol. The molecule has 1 amide bonds. The topological polar surface area (TPSA) is 125 Å². The molecule has 0 atom stereocenters. The van der Waals surface area contributed by atoms with Crippen LogP contribution in [0.2, 0.25) is 0 Å². The van der Waals surface area contributed by atoms with E-state index in [1.54, 1.807) is 36.4 Å². The molecule has 12 heteroatoms. The number of hydrogen-bond acceptors (Lipinski definition) is 9. The highest BCUT2D eigenvalue weighted by Gasteiger charge is 2.28. The molecule has 0 aliphatic heterocycles. The standard InChI is InChI=1S/C28H31N3O8S/c1-6-15-39-25-13-7-20(16-26(25)37-4)18-29-30-28(32)19-31(21-8-10-22(35-2)11-9-21)40(33,34)23-12-14-24(36-3)27(17-23)38-5/h6-14,16-18H,1,15,19H2,2-5H3,(H,30,32)/b29-18-. The minimum atomic E-state index is -4.22. The van der Waals surface area contributed by atoms with E-state index in [-0.39, 0.29) is 16.3 Å². The van der Waals surface area contributed by atoms with Crippen molar-refractivity contribution in [3.05, 3.63) is 78.9 Å². The number of carbonyl (C=O) groups excluding carboxylic acids is 1. The highest BCUT2D eigenvalue weighted by atomic mass is 32.2. The molecule has 0 bridgehead atoms. The molecule has 0 radical (unpaired) electrons. The Balaban J connectivity index is 1.85. The van der Waals surface area contributed by atoms with E-state index >= 15 is 0 Å². The molecule has 40 heavy (non-hydrogen) atoms. The Morgan fingerprint density at radius 2 is 1.52 bits per heavy atom. The van der Waals surface area contributed by atoms with Gasteiger partial charge in [0.1, 0.15) is 18.9 Å². The van der Waals surface area contributed by atoms with Crippen LogP contribution in [-0.4, -0.2) is 62.1 Å². The van der Waals surface area contributed by atoms with Crippen molar-refractivity contribution in [3.8, 4) is 28.7 Å².